The number of benzene rings is 1. The van der Waals surface area contributed by atoms with Crippen molar-refractivity contribution in [2.24, 2.45) is 0 Å². The number of hydrogen-bond acceptors (Lipinski definition) is 4. The molecule has 0 unspecified atom stereocenters. The second kappa shape index (κ2) is 8.75. The number of amides is 2. The Morgan fingerprint density at radius 1 is 1.12 bits per heavy atom. The minimum Gasteiger partial charge on any atom is -0.351 e. The number of likely N-dealkylation sites (N-methyl/N-ethyl adjacent to an activating group) is 1. The molecule has 0 bridgehead atoms. The molecular weight excluding hydrogens is 311 g/mol. The second-order valence-electron chi connectivity index (χ2n) is 6.25. The van der Waals surface area contributed by atoms with Gasteiger partial charge in [0.15, 0.2) is 0 Å². The van der Waals surface area contributed by atoms with Crippen molar-refractivity contribution >= 4 is 11.8 Å². The van der Waals surface area contributed by atoms with Crippen LogP contribution in [0.25, 0.3) is 0 Å². The number of hydrogen-bond donors (Lipinski definition) is 1. The van der Waals surface area contributed by atoms with Crippen LogP contribution >= 0.6 is 0 Å². The summed E-state index contributed by atoms with van der Waals surface area (Å²) in [4.78, 5) is 29.4. The topological polar surface area (TPSA) is 55.9 Å². The van der Waals surface area contributed by atoms with Crippen molar-refractivity contribution in [3.8, 4) is 0 Å². The number of nitrogens with one attached hydrogen (secondary N) is 1. The summed E-state index contributed by atoms with van der Waals surface area (Å²) in [5, 5.41) is 2.81. The van der Waals surface area contributed by atoms with Gasteiger partial charge in [-0.25, -0.2) is 4.39 Å². The van der Waals surface area contributed by atoms with Gasteiger partial charge in [-0.2, -0.15) is 0 Å². The molecule has 1 aliphatic rings. The van der Waals surface area contributed by atoms with Gasteiger partial charge in [0.2, 0.25) is 11.8 Å². The molecule has 6 nitrogen and oxygen atoms in total. The van der Waals surface area contributed by atoms with Crippen LogP contribution in [0.4, 0.5) is 4.39 Å². The molecule has 1 saturated heterocycles. The zero-order valence-electron chi connectivity index (χ0n) is 14.3. The summed E-state index contributed by atoms with van der Waals surface area (Å²) in [6, 6.07) is 6.21. The van der Waals surface area contributed by atoms with Gasteiger partial charge in [-0.1, -0.05) is 12.1 Å². The van der Waals surface area contributed by atoms with Crippen molar-refractivity contribution in [2.75, 3.05) is 53.4 Å². The minimum absolute atomic E-state index is 0.0721. The Morgan fingerprint density at radius 3 is 2.33 bits per heavy atom. The van der Waals surface area contributed by atoms with Crippen molar-refractivity contribution in [3.05, 3.63) is 35.6 Å². The third kappa shape index (κ3) is 5.90. The second-order valence-corrected chi connectivity index (χ2v) is 6.25. The van der Waals surface area contributed by atoms with Crippen molar-refractivity contribution in [1.29, 1.82) is 0 Å². The Labute approximate surface area is 142 Å². The highest BCUT2D eigenvalue weighted by atomic mass is 19.1. The van der Waals surface area contributed by atoms with E-state index in [9.17, 15) is 14.0 Å². The minimum atomic E-state index is -0.301. The van der Waals surface area contributed by atoms with Crippen LogP contribution in [0.3, 0.4) is 0 Å². The smallest absolute Gasteiger partial charge is 0.236 e. The van der Waals surface area contributed by atoms with Crippen LogP contribution in [-0.4, -0.2) is 79.9 Å². The molecule has 2 rings (SSSR count). The lowest BCUT2D eigenvalue weighted by atomic mass is 10.2. The van der Waals surface area contributed by atoms with E-state index in [2.05, 4.69) is 15.1 Å². The van der Waals surface area contributed by atoms with Crippen LogP contribution in [0, 0.1) is 5.82 Å². The molecule has 2 amide bonds. The van der Waals surface area contributed by atoms with Crippen molar-refractivity contribution in [2.45, 2.75) is 6.54 Å². The summed E-state index contributed by atoms with van der Waals surface area (Å²) < 4.78 is 13.1. The van der Waals surface area contributed by atoms with E-state index in [4.69, 9.17) is 0 Å². The highest BCUT2D eigenvalue weighted by Crippen LogP contribution is 2.04. The molecule has 1 aliphatic heterocycles. The molecule has 0 aromatic heterocycles. The van der Waals surface area contributed by atoms with Crippen molar-refractivity contribution in [3.63, 3.8) is 0 Å². The SMILES string of the molecule is CN(C)C(=O)CN1CCN(CC(=O)NCc2cccc(F)c2)CC1. The molecule has 1 aromatic carbocycles. The van der Waals surface area contributed by atoms with Gasteiger partial charge in [-0.3, -0.25) is 19.4 Å². The monoisotopic (exact) mass is 336 g/mol. The lowest BCUT2D eigenvalue weighted by molar-refractivity contribution is -0.131. The first kappa shape index (κ1) is 18.4. The highest BCUT2D eigenvalue weighted by Gasteiger charge is 2.20. The van der Waals surface area contributed by atoms with Crippen molar-refractivity contribution < 1.29 is 14.0 Å². The maximum absolute atomic E-state index is 13.1. The first-order valence-electron chi connectivity index (χ1n) is 8.10. The molecule has 1 heterocycles. The fourth-order valence-electron chi connectivity index (χ4n) is 2.54. The Kier molecular flexibility index (Phi) is 6.69. The molecular formula is C17H25FN4O2. The number of carbonyl (C=O) groups excluding carboxylic acids is 2. The molecule has 1 N–H and O–H groups in total. The number of piperazine rings is 1. The molecule has 24 heavy (non-hydrogen) atoms. The van der Waals surface area contributed by atoms with Gasteiger partial charge < -0.3 is 10.2 Å². The molecule has 1 aromatic rings. The summed E-state index contributed by atoms with van der Waals surface area (Å²) in [5.74, 6) is -0.279. The van der Waals surface area contributed by atoms with Gasteiger partial charge in [-0.15, -0.1) is 0 Å². The zero-order chi connectivity index (χ0) is 17.5. The molecule has 0 atom stereocenters. The Bertz CT molecular complexity index is 571. The molecule has 0 radical (unpaired) electrons. The standard InChI is InChI=1S/C17H25FN4O2/c1-20(2)17(24)13-22-8-6-21(7-9-22)12-16(23)19-11-14-4-3-5-15(18)10-14/h3-5,10H,6-9,11-13H2,1-2H3,(H,19,23). The van der Waals surface area contributed by atoms with Crippen LogP contribution in [0.1, 0.15) is 5.56 Å². The van der Waals surface area contributed by atoms with E-state index in [1.807, 2.05) is 0 Å². The van der Waals surface area contributed by atoms with E-state index in [0.29, 0.717) is 19.6 Å². The quantitative estimate of drug-likeness (QED) is 0.803. The number of carbonyl (C=O) groups is 2. The third-order valence-corrected chi connectivity index (χ3v) is 4.07. The summed E-state index contributed by atoms with van der Waals surface area (Å²) in [6.45, 7) is 4.14. The summed E-state index contributed by atoms with van der Waals surface area (Å²) in [5.41, 5.74) is 0.746. The van der Waals surface area contributed by atoms with Gasteiger partial charge >= 0.3 is 0 Å². The van der Waals surface area contributed by atoms with Crippen molar-refractivity contribution in [1.82, 2.24) is 20.0 Å². The van der Waals surface area contributed by atoms with E-state index in [-0.39, 0.29) is 17.6 Å². The largest absolute Gasteiger partial charge is 0.351 e. The maximum Gasteiger partial charge on any atom is 0.236 e. The lowest BCUT2D eigenvalue weighted by Crippen LogP contribution is -2.51. The van der Waals surface area contributed by atoms with Crippen LogP contribution in [-0.2, 0) is 16.1 Å². The summed E-state index contributed by atoms with van der Waals surface area (Å²) in [7, 11) is 3.50. The van der Waals surface area contributed by atoms with E-state index in [1.54, 1.807) is 31.1 Å². The number of rotatable bonds is 6. The first-order valence-corrected chi connectivity index (χ1v) is 8.10. The van der Waals surface area contributed by atoms with Gasteiger partial charge in [-0.05, 0) is 17.7 Å². The zero-order valence-corrected chi connectivity index (χ0v) is 14.3. The molecule has 1 fully saturated rings. The highest BCUT2D eigenvalue weighted by molar-refractivity contribution is 5.78. The predicted octanol–water partition coefficient (Wildman–Crippen LogP) is 0.148. The van der Waals surface area contributed by atoms with Gasteiger partial charge in [0.05, 0.1) is 13.1 Å². The van der Waals surface area contributed by atoms with Crippen LogP contribution in [0.15, 0.2) is 24.3 Å². The van der Waals surface area contributed by atoms with Gasteiger partial charge in [0.25, 0.3) is 0 Å². The average molecular weight is 336 g/mol. The summed E-state index contributed by atoms with van der Waals surface area (Å²) >= 11 is 0. The number of nitrogens with zero attached hydrogens (tertiary/aromatic N) is 3. The predicted molar refractivity (Wildman–Crippen MR) is 89.8 cm³/mol. The van der Waals surface area contributed by atoms with E-state index >= 15 is 0 Å². The Hall–Kier alpha value is -1.99. The fraction of sp³-hybridized carbons (Fsp3) is 0.529. The number of halogens is 1. The molecule has 0 saturated carbocycles. The third-order valence-electron chi connectivity index (χ3n) is 4.07. The van der Waals surface area contributed by atoms with Crippen LogP contribution in [0.5, 0.6) is 0 Å². The molecule has 7 heteroatoms. The molecule has 0 spiro atoms. The van der Waals surface area contributed by atoms with E-state index in [0.717, 1.165) is 31.7 Å². The first-order chi connectivity index (χ1) is 11.4. The van der Waals surface area contributed by atoms with E-state index < -0.39 is 0 Å². The maximum atomic E-state index is 13.1. The van der Waals surface area contributed by atoms with Crippen LogP contribution in [0.2, 0.25) is 0 Å². The average Bonchev–Trinajstić information content (AvgIpc) is 2.55. The molecule has 132 valence electrons. The molecule has 0 aliphatic carbocycles. The Morgan fingerprint density at radius 2 is 1.75 bits per heavy atom. The lowest BCUT2D eigenvalue weighted by Gasteiger charge is -2.34. The fourth-order valence-corrected chi connectivity index (χ4v) is 2.54. The van der Waals surface area contributed by atoms with Crippen LogP contribution < -0.4 is 5.32 Å². The Balaban J connectivity index is 1.68. The van der Waals surface area contributed by atoms with Gasteiger partial charge in [0.1, 0.15) is 5.82 Å². The van der Waals surface area contributed by atoms with E-state index in [1.165, 1.54) is 12.1 Å². The summed E-state index contributed by atoms with van der Waals surface area (Å²) in [6.07, 6.45) is 0. The van der Waals surface area contributed by atoms with Gasteiger partial charge in [0, 0.05) is 46.8 Å². The normalized spacial score (nSPS) is 16.0.